The molecule has 1 aromatic carbocycles. The summed E-state index contributed by atoms with van der Waals surface area (Å²) < 4.78 is 4.28. The van der Waals surface area contributed by atoms with E-state index in [4.69, 9.17) is 28.5 Å². The number of hydrogen-bond donors (Lipinski definition) is 1. The van der Waals surface area contributed by atoms with Gasteiger partial charge in [-0.05, 0) is 12.1 Å². The van der Waals surface area contributed by atoms with Crippen LogP contribution >= 0.6 is 23.2 Å². The summed E-state index contributed by atoms with van der Waals surface area (Å²) in [6.07, 6.45) is -1.52. The number of nitrogens with one attached hydrogen (secondary N) is 1. The molecule has 1 N–H and O–H groups in total. The Bertz CT molecular complexity index is 497. The van der Waals surface area contributed by atoms with Crippen molar-refractivity contribution in [2.45, 2.75) is 6.42 Å². The number of benzene rings is 1. The molecule has 1 amide bonds. The van der Waals surface area contributed by atoms with Gasteiger partial charge in [0.05, 0.1) is 21.8 Å². The molecule has 5 nitrogen and oxygen atoms in total. The maximum Gasteiger partial charge on any atom is 0.419 e. The third-order valence-electron chi connectivity index (χ3n) is 1.62. The number of hydrogen-bond acceptors (Lipinski definition) is 4. The number of anilines is 1. The summed E-state index contributed by atoms with van der Waals surface area (Å²) >= 11 is 11.5. The van der Waals surface area contributed by atoms with Crippen LogP contribution in [0.4, 0.5) is 10.5 Å². The Morgan fingerprint density at radius 3 is 2.76 bits per heavy atom. The van der Waals surface area contributed by atoms with Gasteiger partial charge in [-0.2, -0.15) is 5.26 Å². The second-order valence-electron chi connectivity index (χ2n) is 2.82. The Morgan fingerprint density at radius 1 is 1.41 bits per heavy atom. The summed E-state index contributed by atoms with van der Waals surface area (Å²) in [7, 11) is 0. The highest BCUT2D eigenvalue weighted by atomic mass is 35.5. The fourth-order valence-electron chi connectivity index (χ4n) is 0.940. The number of halogens is 2. The molecule has 17 heavy (non-hydrogen) atoms. The van der Waals surface area contributed by atoms with E-state index in [1.54, 1.807) is 18.2 Å². The Hall–Kier alpha value is -1.77. The quantitative estimate of drug-likeness (QED) is 0.663. The second-order valence-corrected chi connectivity index (χ2v) is 3.61. The zero-order valence-electron chi connectivity index (χ0n) is 8.37. The molecule has 0 atom stereocenters. The zero-order valence-corrected chi connectivity index (χ0v) is 9.88. The van der Waals surface area contributed by atoms with E-state index in [9.17, 15) is 9.59 Å². The fourth-order valence-corrected chi connectivity index (χ4v) is 1.29. The van der Waals surface area contributed by atoms with Crippen molar-refractivity contribution in [1.29, 1.82) is 5.26 Å². The van der Waals surface area contributed by atoms with Crippen LogP contribution < -0.4 is 5.32 Å². The summed E-state index contributed by atoms with van der Waals surface area (Å²) in [5.41, 5.74) is 0.217. The molecule has 0 spiro atoms. The van der Waals surface area contributed by atoms with Crippen LogP contribution in [0.3, 0.4) is 0 Å². The summed E-state index contributed by atoms with van der Waals surface area (Å²) in [4.78, 5) is 22.0. The lowest BCUT2D eigenvalue weighted by Gasteiger charge is -2.06. The third kappa shape index (κ3) is 3.94. The van der Waals surface area contributed by atoms with Gasteiger partial charge in [-0.3, -0.25) is 10.1 Å². The average Bonchev–Trinajstić information content (AvgIpc) is 2.25. The van der Waals surface area contributed by atoms with Crippen molar-refractivity contribution < 1.29 is 14.3 Å². The molecule has 1 rings (SSSR count). The standard InChI is InChI=1S/C10H6Cl2N2O3/c11-6-2-1-3-7(9(6)12)14-10(16)17-8(15)4-5-13/h1-3H,4H2,(H,14,16). The summed E-state index contributed by atoms with van der Waals surface area (Å²) in [5, 5.41) is 10.8. The lowest BCUT2D eigenvalue weighted by Crippen LogP contribution is -2.18. The van der Waals surface area contributed by atoms with Gasteiger partial charge in [0, 0.05) is 0 Å². The highest BCUT2D eigenvalue weighted by Crippen LogP contribution is 2.29. The number of rotatable bonds is 2. The molecule has 0 bridgehead atoms. The first-order valence-electron chi connectivity index (χ1n) is 4.37. The molecule has 0 aliphatic carbocycles. The van der Waals surface area contributed by atoms with Gasteiger partial charge in [0.25, 0.3) is 0 Å². The van der Waals surface area contributed by atoms with E-state index in [2.05, 4.69) is 10.1 Å². The maximum absolute atomic E-state index is 11.2. The van der Waals surface area contributed by atoms with Gasteiger partial charge in [0.2, 0.25) is 0 Å². The number of esters is 1. The molecular formula is C10H6Cl2N2O3. The van der Waals surface area contributed by atoms with Gasteiger partial charge in [0.15, 0.2) is 0 Å². The van der Waals surface area contributed by atoms with E-state index in [-0.39, 0.29) is 15.7 Å². The van der Waals surface area contributed by atoms with Gasteiger partial charge in [-0.25, -0.2) is 4.79 Å². The molecule has 0 radical (unpaired) electrons. The highest BCUT2D eigenvalue weighted by molar-refractivity contribution is 6.43. The number of ether oxygens (including phenoxy) is 1. The van der Waals surface area contributed by atoms with Crippen molar-refractivity contribution in [3.63, 3.8) is 0 Å². The first-order chi connectivity index (χ1) is 8.04. The van der Waals surface area contributed by atoms with Crippen LogP contribution in [-0.2, 0) is 9.53 Å². The van der Waals surface area contributed by atoms with Gasteiger partial charge >= 0.3 is 12.1 Å². The van der Waals surface area contributed by atoms with Crippen molar-refractivity contribution in [2.75, 3.05) is 5.32 Å². The number of nitrogens with zero attached hydrogens (tertiary/aromatic N) is 1. The average molecular weight is 273 g/mol. The van der Waals surface area contributed by atoms with E-state index < -0.39 is 18.5 Å². The van der Waals surface area contributed by atoms with Crippen molar-refractivity contribution in [2.24, 2.45) is 0 Å². The predicted molar refractivity (Wildman–Crippen MR) is 61.8 cm³/mol. The predicted octanol–water partition coefficient (Wildman–Crippen LogP) is 2.98. The van der Waals surface area contributed by atoms with Gasteiger partial charge in [0.1, 0.15) is 6.42 Å². The van der Waals surface area contributed by atoms with E-state index in [1.165, 1.54) is 6.07 Å². The molecule has 0 heterocycles. The van der Waals surface area contributed by atoms with Gasteiger partial charge in [-0.15, -0.1) is 0 Å². The molecule has 0 aliphatic heterocycles. The zero-order chi connectivity index (χ0) is 12.8. The van der Waals surface area contributed by atoms with Crippen molar-refractivity contribution in [3.8, 4) is 6.07 Å². The second kappa shape index (κ2) is 6.09. The number of carbonyl (C=O) groups excluding carboxylic acids is 2. The molecule has 0 saturated carbocycles. The topological polar surface area (TPSA) is 79.2 Å². The van der Waals surface area contributed by atoms with Crippen molar-refractivity contribution >= 4 is 41.0 Å². The molecular weight excluding hydrogens is 267 g/mol. The van der Waals surface area contributed by atoms with Crippen LogP contribution in [-0.4, -0.2) is 12.1 Å². The smallest absolute Gasteiger partial charge is 0.375 e. The summed E-state index contributed by atoms with van der Waals surface area (Å²) in [6.45, 7) is 0. The molecule has 0 unspecified atom stereocenters. The Morgan fingerprint density at radius 2 is 2.12 bits per heavy atom. The largest absolute Gasteiger partial charge is 0.419 e. The van der Waals surface area contributed by atoms with Crippen molar-refractivity contribution in [1.82, 2.24) is 0 Å². The van der Waals surface area contributed by atoms with Crippen LogP contribution in [0, 0.1) is 11.3 Å². The van der Waals surface area contributed by atoms with E-state index >= 15 is 0 Å². The minimum atomic E-state index is -1.02. The summed E-state index contributed by atoms with van der Waals surface area (Å²) in [5.74, 6) is -0.942. The molecule has 1 aromatic rings. The molecule has 0 saturated heterocycles. The number of carbonyl (C=O) groups is 2. The maximum atomic E-state index is 11.2. The molecule has 0 aliphatic rings. The van der Waals surface area contributed by atoms with Crippen LogP contribution in [0.2, 0.25) is 10.0 Å². The lowest BCUT2D eigenvalue weighted by molar-refractivity contribution is -0.135. The molecule has 7 heteroatoms. The van der Waals surface area contributed by atoms with E-state index in [0.717, 1.165) is 0 Å². The van der Waals surface area contributed by atoms with Crippen LogP contribution in [0.5, 0.6) is 0 Å². The summed E-state index contributed by atoms with van der Waals surface area (Å²) in [6, 6.07) is 6.16. The molecule has 88 valence electrons. The minimum absolute atomic E-state index is 0.138. The van der Waals surface area contributed by atoms with Crippen molar-refractivity contribution in [3.05, 3.63) is 28.2 Å². The Labute approximate surface area is 107 Å². The first-order valence-corrected chi connectivity index (χ1v) is 5.13. The normalized spacial score (nSPS) is 9.24. The van der Waals surface area contributed by atoms with Crippen LogP contribution in [0.15, 0.2) is 18.2 Å². The Kier molecular flexibility index (Phi) is 4.76. The molecule has 0 aromatic heterocycles. The number of amides is 1. The minimum Gasteiger partial charge on any atom is -0.375 e. The monoisotopic (exact) mass is 272 g/mol. The van der Waals surface area contributed by atoms with Gasteiger partial charge < -0.3 is 4.74 Å². The Balaban J connectivity index is 2.66. The fraction of sp³-hybridized carbons (Fsp3) is 0.100. The van der Waals surface area contributed by atoms with Gasteiger partial charge in [-0.1, -0.05) is 29.3 Å². The van der Waals surface area contributed by atoms with Crippen LogP contribution in [0.1, 0.15) is 6.42 Å². The van der Waals surface area contributed by atoms with E-state index in [0.29, 0.717) is 0 Å². The first kappa shape index (κ1) is 13.3. The van der Waals surface area contributed by atoms with E-state index in [1.807, 2.05) is 0 Å². The van der Waals surface area contributed by atoms with Crippen LogP contribution in [0.25, 0.3) is 0 Å². The lowest BCUT2D eigenvalue weighted by atomic mass is 10.3. The molecule has 0 fully saturated rings. The highest BCUT2D eigenvalue weighted by Gasteiger charge is 2.12. The number of nitriles is 1. The third-order valence-corrected chi connectivity index (χ3v) is 2.44. The SMILES string of the molecule is N#CCC(=O)OC(=O)Nc1cccc(Cl)c1Cl.